The second-order valence-electron chi connectivity index (χ2n) is 7.87. The van der Waals surface area contributed by atoms with Gasteiger partial charge in [0.2, 0.25) is 0 Å². The summed E-state index contributed by atoms with van der Waals surface area (Å²) >= 11 is 3.45. The standard InChI is InChI=1S/C25H25BrN4O/c1-5-16(2)24-28-23-11-9-19(26)14-22(23)25(31)30(24)27-15-21-7-6-12-29(21)20-10-8-17(3)18(4)13-20/h6-16H,5H2,1-4H3/t16-/m1/s1. The van der Waals surface area contributed by atoms with Crippen LogP contribution in [-0.2, 0) is 0 Å². The van der Waals surface area contributed by atoms with Gasteiger partial charge in [-0.3, -0.25) is 4.79 Å². The van der Waals surface area contributed by atoms with Crippen molar-refractivity contribution in [2.45, 2.75) is 40.0 Å². The largest absolute Gasteiger partial charge is 0.316 e. The third-order valence-electron chi connectivity index (χ3n) is 5.74. The predicted octanol–water partition coefficient (Wildman–Crippen LogP) is 5.96. The van der Waals surface area contributed by atoms with E-state index in [1.165, 1.54) is 15.8 Å². The maximum absolute atomic E-state index is 13.3. The Morgan fingerprint density at radius 2 is 1.94 bits per heavy atom. The molecule has 0 saturated heterocycles. The molecule has 0 bridgehead atoms. The Labute approximate surface area is 190 Å². The van der Waals surface area contributed by atoms with Crippen molar-refractivity contribution in [3.63, 3.8) is 0 Å². The van der Waals surface area contributed by atoms with Crippen LogP contribution >= 0.6 is 15.9 Å². The second-order valence-corrected chi connectivity index (χ2v) is 8.79. The molecule has 0 saturated carbocycles. The highest BCUT2D eigenvalue weighted by Gasteiger charge is 2.15. The number of aromatic nitrogens is 3. The van der Waals surface area contributed by atoms with Gasteiger partial charge >= 0.3 is 0 Å². The SMILES string of the molecule is CC[C@@H](C)c1nc2ccc(Br)cc2c(=O)n1N=Cc1cccn1-c1ccc(C)c(C)c1. The molecule has 5 nitrogen and oxygen atoms in total. The van der Waals surface area contributed by atoms with Gasteiger partial charge in [0.25, 0.3) is 5.56 Å². The van der Waals surface area contributed by atoms with Crippen LogP contribution in [-0.4, -0.2) is 20.4 Å². The third kappa shape index (κ3) is 4.12. The van der Waals surface area contributed by atoms with E-state index in [1.54, 1.807) is 12.3 Å². The molecule has 2 aromatic carbocycles. The maximum Gasteiger partial charge on any atom is 0.282 e. The Morgan fingerprint density at radius 1 is 1.13 bits per heavy atom. The van der Waals surface area contributed by atoms with Crippen molar-refractivity contribution in [3.8, 4) is 5.69 Å². The Kier molecular flexibility index (Phi) is 5.92. The Bertz CT molecular complexity index is 1350. The molecule has 0 spiro atoms. The number of rotatable bonds is 5. The summed E-state index contributed by atoms with van der Waals surface area (Å²) in [6.45, 7) is 8.36. The van der Waals surface area contributed by atoms with Crippen molar-refractivity contribution < 1.29 is 0 Å². The van der Waals surface area contributed by atoms with Crippen molar-refractivity contribution >= 4 is 33.0 Å². The van der Waals surface area contributed by atoms with Gasteiger partial charge in [0.05, 0.1) is 22.8 Å². The molecule has 158 valence electrons. The Morgan fingerprint density at radius 3 is 2.68 bits per heavy atom. The molecule has 31 heavy (non-hydrogen) atoms. The summed E-state index contributed by atoms with van der Waals surface area (Å²) in [5.41, 5.74) is 4.96. The molecular weight excluding hydrogens is 452 g/mol. The quantitative estimate of drug-likeness (QED) is 0.333. The molecule has 0 radical (unpaired) electrons. The first-order valence-electron chi connectivity index (χ1n) is 10.4. The highest BCUT2D eigenvalue weighted by Crippen LogP contribution is 2.21. The number of fused-ring (bicyclic) bond motifs is 1. The molecule has 0 amide bonds. The second kappa shape index (κ2) is 8.63. The summed E-state index contributed by atoms with van der Waals surface area (Å²) in [5.74, 6) is 0.771. The minimum Gasteiger partial charge on any atom is -0.316 e. The van der Waals surface area contributed by atoms with E-state index in [9.17, 15) is 4.79 Å². The van der Waals surface area contributed by atoms with Crippen LogP contribution in [0.3, 0.4) is 0 Å². The summed E-state index contributed by atoms with van der Waals surface area (Å²) in [7, 11) is 0. The minimum absolute atomic E-state index is 0.101. The lowest BCUT2D eigenvalue weighted by Crippen LogP contribution is -2.24. The van der Waals surface area contributed by atoms with Gasteiger partial charge in [-0.1, -0.05) is 35.8 Å². The third-order valence-corrected chi connectivity index (χ3v) is 6.23. The summed E-state index contributed by atoms with van der Waals surface area (Å²) < 4.78 is 4.35. The molecule has 0 N–H and O–H groups in total. The average Bonchev–Trinajstić information content (AvgIpc) is 3.23. The molecule has 0 aliphatic heterocycles. The summed E-state index contributed by atoms with van der Waals surface area (Å²) in [5, 5.41) is 5.15. The fraction of sp³-hybridized carbons (Fsp3) is 0.240. The number of hydrogen-bond donors (Lipinski definition) is 0. The van der Waals surface area contributed by atoms with Crippen molar-refractivity contribution in [2.24, 2.45) is 5.10 Å². The van der Waals surface area contributed by atoms with Gasteiger partial charge < -0.3 is 4.57 Å². The van der Waals surface area contributed by atoms with Crippen LogP contribution in [0.25, 0.3) is 16.6 Å². The fourth-order valence-electron chi connectivity index (χ4n) is 3.51. The molecular formula is C25H25BrN4O. The van der Waals surface area contributed by atoms with E-state index in [4.69, 9.17) is 4.98 Å². The fourth-order valence-corrected chi connectivity index (χ4v) is 3.87. The lowest BCUT2D eigenvalue weighted by molar-refractivity contribution is 0.613. The Hall–Kier alpha value is -2.99. The predicted molar refractivity (Wildman–Crippen MR) is 131 cm³/mol. The van der Waals surface area contributed by atoms with Gasteiger partial charge in [-0.15, -0.1) is 0 Å². The maximum atomic E-state index is 13.3. The van der Waals surface area contributed by atoms with Gasteiger partial charge in [-0.25, -0.2) is 4.98 Å². The van der Waals surface area contributed by atoms with Crippen LogP contribution in [0.4, 0.5) is 0 Å². The van der Waals surface area contributed by atoms with Crippen molar-refractivity contribution in [1.82, 2.24) is 14.2 Å². The van der Waals surface area contributed by atoms with Gasteiger partial charge in [0.15, 0.2) is 0 Å². The van der Waals surface area contributed by atoms with E-state index in [0.29, 0.717) is 16.7 Å². The normalized spacial score (nSPS) is 12.7. The highest BCUT2D eigenvalue weighted by molar-refractivity contribution is 9.10. The van der Waals surface area contributed by atoms with Gasteiger partial charge in [-0.2, -0.15) is 9.78 Å². The van der Waals surface area contributed by atoms with E-state index < -0.39 is 0 Å². The first-order valence-corrected chi connectivity index (χ1v) is 11.2. The van der Waals surface area contributed by atoms with Gasteiger partial charge in [0, 0.05) is 22.3 Å². The molecule has 2 heterocycles. The molecule has 0 aliphatic rings. The molecule has 4 aromatic rings. The first-order chi connectivity index (χ1) is 14.9. The summed E-state index contributed by atoms with van der Waals surface area (Å²) in [6, 6.07) is 15.9. The molecule has 0 fully saturated rings. The number of benzene rings is 2. The summed E-state index contributed by atoms with van der Waals surface area (Å²) in [4.78, 5) is 18.1. The van der Waals surface area contributed by atoms with Gasteiger partial charge in [0.1, 0.15) is 5.82 Å². The zero-order valence-electron chi connectivity index (χ0n) is 18.1. The minimum atomic E-state index is -0.165. The van der Waals surface area contributed by atoms with E-state index >= 15 is 0 Å². The van der Waals surface area contributed by atoms with Gasteiger partial charge in [-0.05, 0) is 73.9 Å². The van der Waals surface area contributed by atoms with Crippen LogP contribution < -0.4 is 5.56 Å². The summed E-state index contributed by atoms with van der Waals surface area (Å²) in [6.07, 6.45) is 4.59. The van der Waals surface area contributed by atoms with Crippen LogP contribution in [0.2, 0.25) is 0 Å². The Balaban J connectivity index is 1.84. The lowest BCUT2D eigenvalue weighted by atomic mass is 10.1. The van der Waals surface area contributed by atoms with Crippen LogP contribution in [0.15, 0.2) is 69.1 Å². The average molecular weight is 477 g/mol. The lowest BCUT2D eigenvalue weighted by Gasteiger charge is -2.14. The zero-order chi connectivity index (χ0) is 22.1. The molecule has 4 rings (SSSR count). The number of nitrogens with zero attached hydrogens (tertiary/aromatic N) is 4. The monoisotopic (exact) mass is 476 g/mol. The van der Waals surface area contributed by atoms with Crippen molar-refractivity contribution in [1.29, 1.82) is 0 Å². The topological polar surface area (TPSA) is 52.2 Å². The first kappa shape index (κ1) is 21.2. The van der Waals surface area contributed by atoms with E-state index in [0.717, 1.165) is 22.3 Å². The molecule has 6 heteroatoms. The van der Waals surface area contributed by atoms with E-state index in [1.807, 2.05) is 30.5 Å². The highest BCUT2D eigenvalue weighted by atomic mass is 79.9. The molecule has 0 unspecified atom stereocenters. The van der Waals surface area contributed by atoms with E-state index in [-0.39, 0.29) is 11.5 Å². The van der Waals surface area contributed by atoms with Crippen molar-refractivity contribution in [3.05, 3.63) is 92.2 Å². The molecule has 2 aromatic heterocycles. The van der Waals surface area contributed by atoms with E-state index in [2.05, 4.69) is 71.5 Å². The molecule has 1 atom stereocenters. The van der Waals surface area contributed by atoms with Crippen molar-refractivity contribution in [2.75, 3.05) is 0 Å². The van der Waals surface area contributed by atoms with Crippen LogP contribution in [0, 0.1) is 13.8 Å². The van der Waals surface area contributed by atoms with Crippen LogP contribution in [0.5, 0.6) is 0 Å². The smallest absolute Gasteiger partial charge is 0.282 e. The number of halogens is 1. The van der Waals surface area contributed by atoms with Crippen LogP contribution in [0.1, 0.15) is 48.8 Å². The molecule has 0 aliphatic carbocycles. The number of hydrogen-bond acceptors (Lipinski definition) is 3. The zero-order valence-corrected chi connectivity index (χ0v) is 19.7. The number of aryl methyl sites for hydroxylation is 2.